The van der Waals surface area contributed by atoms with Gasteiger partial charge in [-0.05, 0) is 188 Å². The molecule has 0 heterocycles. The molecule has 0 aliphatic carbocycles. The molecule has 5 N–H and O–H groups in total. The summed E-state index contributed by atoms with van der Waals surface area (Å²) < 4.78 is 21.6. The van der Waals surface area contributed by atoms with Crippen molar-refractivity contribution in [1.82, 2.24) is 21.3 Å². The molecule has 4 atom stereocenters. The van der Waals surface area contributed by atoms with E-state index in [-0.39, 0.29) is 46.0 Å². The molecule has 0 aromatic rings. The summed E-state index contributed by atoms with van der Waals surface area (Å²) in [7, 11) is 0. The van der Waals surface area contributed by atoms with Crippen LogP contribution in [-0.2, 0) is 38.1 Å². The van der Waals surface area contributed by atoms with Crippen LogP contribution in [0.1, 0.15) is 399 Å². The molecule has 0 spiro atoms. The molecule has 4 unspecified atom stereocenters. The number of carbonyl (C=O) groups is 4. The minimum atomic E-state index is -0.325. The van der Waals surface area contributed by atoms with Gasteiger partial charge in [0.2, 0.25) is 24.3 Å². The number of rotatable bonds is 62. The third kappa shape index (κ3) is 62.4. The summed E-state index contributed by atoms with van der Waals surface area (Å²) >= 11 is 0. The monoisotopic (exact) mass is 1630 g/mol. The summed E-state index contributed by atoms with van der Waals surface area (Å²) in [4.78, 5) is 102. The van der Waals surface area contributed by atoms with Crippen molar-refractivity contribution >= 4 is 48.7 Å². The summed E-state index contributed by atoms with van der Waals surface area (Å²) in [6.07, 6.45) is 40.2. The number of ether oxygens (including phenoxy) is 4. The number of carbonyl (C=O) groups excluding carboxylic acids is 8. The molecule has 0 saturated carbocycles. The van der Waals surface area contributed by atoms with E-state index in [1.807, 2.05) is 6.92 Å². The second-order valence-electron chi connectivity index (χ2n) is 36.9. The van der Waals surface area contributed by atoms with E-state index in [4.69, 9.17) is 24.1 Å². The van der Waals surface area contributed by atoms with Crippen LogP contribution in [-0.4, -0.2) is 139 Å². The highest BCUT2D eigenvalue weighted by molar-refractivity contribution is 5.68. The van der Waals surface area contributed by atoms with Gasteiger partial charge in [-0.2, -0.15) is 0 Å². The zero-order valence-electron chi connectivity index (χ0n) is 79.5. The first-order chi connectivity index (χ1) is 54.2. The lowest BCUT2D eigenvalue weighted by atomic mass is 9.76. The Hall–Kier alpha value is -5.44. The van der Waals surface area contributed by atoms with Crippen LogP contribution in [0.25, 0.3) is 0 Å². The van der Waals surface area contributed by atoms with Crippen molar-refractivity contribution in [3.05, 3.63) is 0 Å². The Morgan fingerprint density at radius 1 is 0.330 bits per heavy atom. The van der Waals surface area contributed by atoms with Gasteiger partial charge in [0.25, 0.3) is 0 Å². The fourth-order valence-corrected chi connectivity index (χ4v) is 16.6. The number of isocyanates is 4. The van der Waals surface area contributed by atoms with E-state index in [1.54, 1.807) is 12.2 Å². The van der Waals surface area contributed by atoms with Crippen molar-refractivity contribution in [3.63, 3.8) is 0 Å². The standard InChI is InChI=1S/2C31H62N2O4.2C11H18N2O2.C10H22O/c1-10-30(11-2,12-3)19-16-22-36-27(34)32-21-18-26(7)24-29(8,9)25-33-28(35)37-23-17-20-31(13-4,14-5)15-6;1-10-30(11-2,12-3)18-16-22-36-27(34)32-21-20-29(8,9)24-26(7)25-33-28(35)37-23-17-19-31(13-4,14-5)15-6;1-10(7-13-9-15)6-11(2,3)4-5-12-8-14;1-10(4-5-12-8-14)6-11(2,3)7-13-9-15;1-4-10(5-2,6-3)8-7-9-11/h2*26H,10-25H2,1-9H3,(H,32,34)(H,33,35);2*10H,4-7H2,1-3H3;11H,4-9H2,1-3H3. The highest BCUT2D eigenvalue weighted by Gasteiger charge is 2.30. The number of alkyl carbamates (subject to hydrolysis) is 4. The van der Waals surface area contributed by atoms with Crippen LogP contribution in [0.3, 0.4) is 0 Å². The molecule has 0 fully saturated rings. The topological polar surface area (TPSA) is 291 Å². The average Bonchev–Trinajstić information content (AvgIpc) is 1.08. The van der Waals surface area contributed by atoms with Crippen molar-refractivity contribution in [2.45, 2.75) is 399 Å². The van der Waals surface area contributed by atoms with E-state index in [9.17, 15) is 38.4 Å². The van der Waals surface area contributed by atoms with Crippen molar-refractivity contribution in [3.8, 4) is 0 Å². The van der Waals surface area contributed by atoms with Gasteiger partial charge < -0.3 is 45.3 Å². The average molecular weight is 1630 g/mol. The molecule has 0 aromatic heterocycles. The Morgan fingerprint density at radius 3 is 1.00 bits per heavy atom. The SMILES string of the molecule is CC(CCN=C=O)CC(C)(C)CN=C=O.CC(CN=C=O)CC(C)(C)CCN=C=O.CCC(CC)(CC)CCCO.CCC(CC)(CC)CCCOC(=O)NCCC(C)(C)CC(C)CNC(=O)OCCCC(CC)(CC)CC.CCC(CC)(CC)CCCOC(=O)NCCC(C)CC(C)(C)CNC(=O)OCCCC(CC)(CC)CC. The molecule has 4 amide bonds. The summed E-state index contributed by atoms with van der Waals surface area (Å²) in [6.45, 7) is 66.0. The van der Waals surface area contributed by atoms with Crippen LogP contribution in [0.2, 0.25) is 0 Å². The van der Waals surface area contributed by atoms with Crippen molar-refractivity contribution in [2.75, 3.05) is 85.4 Å². The highest BCUT2D eigenvalue weighted by Crippen LogP contribution is 2.40. The van der Waals surface area contributed by atoms with Gasteiger partial charge in [-0.15, -0.1) is 0 Å². The number of hydrogen-bond donors (Lipinski definition) is 5. The van der Waals surface area contributed by atoms with Crippen LogP contribution < -0.4 is 21.3 Å². The van der Waals surface area contributed by atoms with Gasteiger partial charge in [-0.25, -0.2) is 58.3 Å². The fourth-order valence-electron chi connectivity index (χ4n) is 16.6. The Labute approximate surface area is 705 Å². The number of aliphatic hydroxyl groups excluding tert-OH is 1. The van der Waals surface area contributed by atoms with E-state index in [1.165, 1.54) is 115 Å². The fraction of sp³-hybridized carbons (Fsp3) is 0.915. The lowest BCUT2D eigenvalue weighted by Crippen LogP contribution is -2.36. The van der Waals surface area contributed by atoms with Crippen molar-refractivity contribution in [2.24, 2.45) is 92.4 Å². The van der Waals surface area contributed by atoms with Gasteiger partial charge in [0.15, 0.2) is 0 Å². The van der Waals surface area contributed by atoms with E-state index < -0.39 is 0 Å². The molecular weight excluding hydrogens is 1450 g/mol. The van der Waals surface area contributed by atoms with Crippen LogP contribution in [0.15, 0.2) is 20.0 Å². The molecule has 21 heteroatoms. The van der Waals surface area contributed by atoms with Crippen LogP contribution >= 0.6 is 0 Å². The first-order valence-corrected chi connectivity index (χ1v) is 45.6. The number of aliphatic hydroxyl groups is 1. The summed E-state index contributed by atoms with van der Waals surface area (Å²) in [5.41, 5.74) is 2.17. The third-order valence-electron chi connectivity index (χ3n) is 26.1. The number of nitrogens with zero attached hydrogens (tertiary/aromatic N) is 4. The molecule has 0 rings (SSSR count). The molecule has 0 aliphatic rings. The second kappa shape index (κ2) is 69.4. The van der Waals surface area contributed by atoms with E-state index in [2.05, 4.69) is 221 Å². The molecule has 0 radical (unpaired) electrons. The Kier molecular flexibility index (Phi) is 71.2. The number of hydrogen-bond acceptors (Lipinski definition) is 17. The summed E-state index contributed by atoms with van der Waals surface area (Å²) in [5, 5.41) is 20.4. The summed E-state index contributed by atoms with van der Waals surface area (Å²) in [6, 6.07) is 0. The molecule has 21 nitrogen and oxygen atoms in total. The predicted octanol–water partition coefficient (Wildman–Crippen LogP) is 24.9. The zero-order chi connectivity index (χ0) is 89.0. The van der Waals surface area contributed by atoms with Crippen LogP contribution in [0.5, 0.6) is 0 Å². The van der Waals surface area contributed by atoms with Gasteiger partial charge in [-0.3, -0.25) is 0 Å². The molecule has 0 bridgehead atoms. The molecule has 0 aromatic carbocycles. The minimum Gasteiger partial charge on any atom is -0.450 e. The molecule has 0 saturated heterocycles. The maximum Gasteiger partial charge on any atom is 0.407 e. The lowest BCUT2D eigenvalue weighted by Gasteiger charge is -2.30. The van der Waals surface area contributed by atoms with Crippen molar-refractivity contribution in [1.29, 1.82) is 0 Å². The Bertz CT molecular complexity index is 2580. The molecule has 676 valence electrons. The van der Waals surface area contributed by atoms with Gasteiger partial charge in [0, 0.05) is 32.8 Å². The van der Waals surface area contributed by atoms with Crippen molar-refractivity contribution < 1.29 is 62.4 Å². The van der Waals surface area contributed by atoms with Gasteiger partial charge in [-0.1, -0.05) is 283 Å². The lowest BCUT2D eigenvalue weighted by molar-refractivity contribution is 0.125. The van der Waals surface area contributed by atoms with E-state index in [0.29, 0.717) is 136 Å². The molecule has 0 aliphatic heterocycles. The minimum absolute atomic E-state index is 0.00171. The quantitative estimate of drug-likeness (QED) is 0.0164. The van der Waals surface area contributed by atoms with Crippen LogP contribution in [0.4, 0.5) is 19.2 Å². The van der Waals surface area contributed by atoms with Gasteiger partial charge in [0.1, 0.15) is 0 Å². The second-order valence-corrected chi connectivity index (χ2v) is 36.9. The van der Waals surface area contributed by atoms with E-state index in [0.717, 1.165) is 109 Å². The number of amides is 4. The predicted molar refractivity (Wildman–Crippen MR) is 478 cm³/mol. The summed E-state index contributed by atoms with van der Waals surface area (Å²) in [5.74, 6) is 1.54. The van der Waals surface area contributed by atoms with Gasteiger partial charge in [0.05, 0.1) is 52.6 Å². The molecular formula is C94H182N8O13. The van der Waals surface area contributed by atoms with E-state index >= 15 is 0 Å². The normalized spacial score (nSPS) is 12.9. The molecule has 115 heavy (non-hydrogen) atoms. The van der Waals surface area contributed by atoms with Crippen LogP contribution in [0, 0.1) is 72.4 Å². The third-order valence-corrected chi connectivity index (χ3v) is 26.1. The Balaban J connectivity index is -0.000000476. The van der Waals surface area contributed by atoms with Gasteiger partial charge >= 0.3 is 24.4 Å². The maximum absolute atomic E-state index is 12.2. The highest BCUT2D eigenvalue weighted by atomic mass is 16.6. The Morgan fingerprint density at radius 2 is 0.635 bits per heavy atom. The number of aliphatic imine (C=N–C) groups is 4. The largest absolute Gasteiger partial charge is 0.450 e. The maximum atomic E-state index is 12.2. The smallest absolute Gasteiger partial charge is 0.407 e. The first kappa shape index (κ1) is 118. The number of nitrogens with one attached hydrogen (secondary N) is 4. The first-order valence-electron chi connectivity index (χ1n) is 45.6. The zero-order valence-corrected chi connectivity index (χ0v) is 79.5.